The third-order valence-corrected chi connectivity index (χ3v) is 9.14. The van der Waals surface area contributed by atoms with E-state index in [0.717, 1.165) is 25.8 Å². The Bertz CT molecular complexity index is 826. The summed E-state index contributed by atoms with van der Waals surface area (Å²) >= 11 is 0. The molecule has 7 nitrogen and oxygen atoms in total. The monoisotopic (exact) mass is 435 g/mol. The molecule has 0 bridgehead atoms. The number of likely N-dealkylation sites (tertiary alicyclic amines) is 1. The number of hydrogen-bond donors (Lipinski definition) is 1. The highest BCUT2D eigenvalue weighted by Crippen LogP contribution is 2.34. The number of benzene rings is 1. The number of carbonyl (C=O) groups is 1. The Morgan fingerprint density at radius 1 is 1.20 bits per heavy atom. The number of ether oxygens (including phenoxy) is 1. The first-order chi connectivity index (χ1) is 14.5. The SMILES string of the molecule is CCC(c1ccccc1)C1CCCN1C(=O)C1CC(S(=O)(=O)N2CCOCC2)CN1. The second-order valence-corrected chi connectivity index (χ2v) is 10.8. The molecular formula is C22H33N3O4S. The molecule has 3 fully saturated rings. The van der Waals surface area contributed by atoms with Crippen molar-refractivity contribution in [3.05, 3.63) is 35.9 Å². The number of rotatable bonds is 6. The van der Waals surface area contributed by atoms with Crippen LogP contribution in [0.1, 0.15) is 44.1 Å². The maximum absolute atomic E-state index is 13.4. The van der Waals surface area contributed by atoms with Gasteiger partial charge in [0.25, 0.3) is 0 Å². The summed E-state index contributed by atoms with van der Waals surface area (Å²) in [6.07, 6.45) is 3.33. The zero-order valence-corrected chi connectivity index (χ0v) is 18.5. The van der Waals surface area contributed by atoms with E-state index in [1.54, 1.807) is 0 Å². The minimum absolute atomic E-state index is 0.0616. The van der Waals surface area contributed by atoms with Crippen LogP contribution in [0.3, 0.4) is 0 Å². The number of carbonyl (C=O) groups excluding carboxylic acids is 1. The van der Waals surface area contributed by atoms with Gasteiger partial charge in [0.15, 0.2) is 0 Å². The Morgan fingerprint density at radius 3 is 2.63 bits per heavy atom. The lowest BCUT2D eigenvalue weighted by atomic mass is 9.87. The summed E-state index contributed by atoms with van der Waals surface area (Å²) in [7, 11) is -3.41. The van der Waals surface area contributed by atoms with Crippen molar-refractivity contribution in [2.24, 2.45) is 0 Å². The standard InChI is InChI=1S/C22H33N3O4S/c1-2-19(17-7-4-3-5-8-17)21-9-6-10-25(21)22(26)20-15-18(16-23-20)30(27,28)24-11-13-29-14-12-24/h3-5,7-8,18-21,23H,2,6,9-16H2,1H3. The Labute approximate surface area is 179 Å². The highest BCUT2D eigenvalue weighted by molar-refractivity contribution is 7.89. The number of morpholine rings is 1. The van der Waals surface area contributed by atoms with Crippen LogP contribution in [-0.2, 0) is 19.6 Å². The van der Waals surface area contributed by atoms with E-state index in [9.17, 15) is 13.2 Å². The fraction of sp³-hybridized carbons (Fsp3) is 0.682. The second-order valence-electron chi connectivity index (χ2n) is 8.54. The molecule has 3 saturated heterocycles. The van der Waals surface area contributed by atoms with Crippen LogP contribution >= 0.6 is 0 Å². The Morgan fingerprint density at radius 2 is 1.93 bits per heavy atom. The molecule has 0 radical (unpaired) electrons. The van der Waals surface area contributed by atoms with Crippen molar-refractivity contribution >= 4 is 15.9 Å². The summed E-state index contributed by atoms with van der Waals surface area (Å²) in [5, 5.41) is 2.68. The van der Waals surface area contributed by atoms with Crippen molar-refractivity contribution in [2.75, 3.05) is 39.4 Å². The lowest BCUT2D eigenvalue weighted by Crippen LogP contribution is -2.47. The molecule has 0 aliphatic carbocycles. The van der Waals surface area contributed by atoms with Crippen LogP contribution in [0.25, 0.3) is 0 Å². The molecule has 8 heteroatoms. The molecule has 4 atom stereocenters. The lowest BCUT2D eigenvalue weighted by molar-refractivity contribution is -0.134. The first-order valence-corrected chi connectivity index (χ1v) is 12.7. The van der Waals surface area contributed by atoms with E-state index >= 15 is 0 Å². The summed E-state index contributed by atoms with van der Waals surface area (Å²) in [4.78, 5) is 15.4. The van der Waals surface area contributed by atoms with Crippen LogP contribution in [-0.4, -0.2) is 80.3 Å². The molecule has 1 amide bonds. The molecule has 0 saturated carbocycles. The second kappa shape index (κ2) is 9.34. The van der Waals surface area contributed by atoms with Crippen LogP contribution < -0.4 is 5.32 Å². The van der Waals surface area contributed by atoms with E-state index in [0.29, 0.717) is 45.2 Å². The summed E-state index contributed by atoms with van der Waals surface area (Å²) in [6.45, 7) is 4.96. The van der Waals surface area contributed by atoms with Gasteiger partial charge in [-0.3, -0.25) is 4.79 Å². The fourth-order valence-corrected chi connectivity index (χ4v) is 7.07. The summed E-state index contributed by atoms with van der Waals surface area (Å²) in [5.74, 6) is 0.374. The largest absolute Gasteiger partial charge is 0.379 e. The third-order valence-electron chi connectivity index (χ3n) is 6.85. The molecular weight excluding hydrogens is 402 g/mol. The van der Waals surface area contributed by atoms with E-state index in [1.165, 1.54) is 9.87 Å². The molecule has 4 rings (SSSR count). The number of sulfonamides is 1. The molecule has 1 aromatic rings. The van der Waals surface area contributed by atoms with Gasteiger partial charge in [-0.2, -0.15) is 4.31 Å². The van der Waals surface area contributed by atoms with Crippen molar-refractivity contribution in [1.82, 2.24) is 14.5 Å². The van der Waals surface area contributed by atoms with Crippen molar-refractivity contribution in [3.63, 3.8) is 0 Å². The average molecular weight is 436 g/mol. The molecule has 166 valence electrons. The molecule has 3 aliphatic heterocycles. The number of nitrogens with one attached hydrogen (secondary N) is 1. The summed E-state index contributed by atoms with van der Waals surface area (Å²) < 4.78 is 32.8. The van der Waals surface area contributed by atoms with Gasteiger partial charge in [0.05, 0.1) is 24.5 Å². The molecule has 3 heterocycles. The van der Waals surface area contributed by atoms with Crippen LogP contribution in [0.15, 0.2) is 30.3 Å². The minimum Gasteiger partial charge on any atom is -0.379 e. The highest BCUT2D eigenvalue weighted by Gasteiger charge is 2.44. The van der Waals surface area contributed by atoms with Gasteiger partial charge in [0.1, 0.15) is 0 Å². The lowest BCUT2D eigenvalue weighted by Gasteiger charge is -2.33. The molecule has 3 aliphatic rings. The van der Waals surface area contributed by atoms with E-state index in [1.807, 2.05) is 11.0 Å². The van der Waals surface area contributed by atoms with E-state index in [2.05, 4.69) is 36.5 Å². The van der Waals surface area contributed by atoms with Crippen molar-refractivity contribution < 1.29 is 17.9 Å². The van der Waals surface area contributed by atoms with Crippen LogP contribution in [0.2, 0.25) is 0 Å². The van der Waals surface area contributed by atoms with Gasteiger partial charge in [0.2, 0.25) is 15.9 Å². The Balaban J connectivity index is 1.44. The van der Waals surface area contributed by atoms with Gasteiger partial charge >= 0.3 is 0 Å². The van der Waals surface area contributed by atoms with E-state index in [-0.39, 0.29) is 11.9 Å². The summed E-state index contributed by atoms with van der Waals surface area (Å²) in [6, 6.07) is 10.2. The topological polar surface area (TPSA) is 79.0 Å². The quantitative estimate of drug-likeness (QED) is 0.734. The van der Waals surface area contributed by atoms with Crippen LogP contribution in [0.4, 0.5) is 0 Å². The Kier molecular flexibility index (Phi) is 6.77. The smallest absolute Gasteiger partial charge is 0.240 e. The normalized spacial score (nSPS) is 29.2. The van der Waals surface area contributed by atoms with E-state index < -0.39 is 21.3 Å². The van der Waals surface area contributed by atoms with Gasteiger partial charge in [-0.05, 0) is 31.2 Å². The molecule has 30 heavy (non-hydrogen) atoms. The molecule has 1 N–H and O–H groups in total. The molecule has 4 unspecified atom stereocenters. The minimum atomic E-state index is -3.41. The van der Waals surface area contributed by atoms with Gasteiger partial charge in [0, 0.05) is 38.1 Å². The van der Waals surface area contributed by atoms with Crippen molar-refractivity contribution in [1.29, 1.82) is 0 Å². The highest BCUT2D eigenvalue weighted by atomic mass is 32.2. The van der Waals surface area contributed by atoms with Gasteiger partial charge in [-0.1, -0.05) is 37.3 Å². The maximum atomic E-state index is 13.4. The van der Waals surface area contributed by atoms with Crippen LogP contribution in [0, 0.1) is 0 Å². The zero-order chi connectivity index (χ0) is 21.1. The number of hydrogen-bond acceptors (Lipinski definition) is 5. The molecule has 1 aromatic carbocycles. The Hall–Kier alpha value is -1.48. The predicted molar refractivity (Wildman–Crippen MR) is 116 cm³/mol. The summed E-state index contributed by atoms with van der Waals surface area (Å²) in [5.41, 5.74) is 1.27. The predicted octanol–water partition coefficient (Wildman–Crippen LogP) is 1.56. The van der Waals surface area contributed by atoms with Crippen molar-refractivity contribution in [2.45, 2.75) is 55.9 Å². The maximum Gasteiger partial charge on any atom is 0.240 e. The van der Waals surface area contributed by atoms with Crippen molar-refractivity contribution in [3.8, 4) is 0 Å². The van der Waals surface area contributed by atoms with Gasteiger partial charge in [-0.15, -0.1) is 0 Å². The first kappa shape index (κ1) is 21.7. The molecule has 0 aromatic heterocycles. The fourth-order valence-electron chi connectivity index (χ4n) is 5.24. The number of amides is 1. The van der Waals surface area contributed by atoms with Gasteiger partial charge < -0.3 is 15.0 Å². The average Bonchev–Trinajstić information content (AvgIpc) is 3.46. The van der Waals surface area contributed by atoms with E-state index in [4.69, 9.17) is 4.74 Å². The zero-order valence-electron chi connectivity index (χ0n) is 17.7. The first-order valence-electron chi connectivity index (χ1n) is 11.2. The van der Waals surface area contributed by atoms with Crippen LogP contribution in [0.5, 0.6) is 0 Å². The number of nitrogens with zero attached hydrogens (tertiary/aromatic N) is 2. The van der Waals surface area contributed by atoms with Gasteiger partial charge in [-0.25, -0.2) is 8.42 Å². The third kappa shape index (κ3) is 4.28. The molecule has 0 spiro atoms.